The zero-order valence-electron chi connectivity index (χ0n) is 6.51. The van der Waals surface area contributed by atoms with E-state index in [4.69, 9.17) is 11.6 Å². The molecule has 3 heteroatoms. The number of benzene rings is 1. The lowest BCUT2D eigenvalue weighted by Crippen LogP contribution is -1.82. The van der Waals surface area contributed by atoms with E-state index in [1.54, 1.807) is 0 Å². The van der Waals surface area contributed by atoms with Crippen LogP contribution in [0.2, 0.25) is 5.02 Å². The van der Waals surface area contributed by atoms with Crippen molar-refractivity contribution in [3.05, 3.63) is 33.9 Å². The van der Waals surface area contributed by atoms with E-state index in [-0.39, 0.29) is 0 Å². The number of fused-ring (bicyclic) bond motifs is 1. The van der Waals surface area contributed by atoms with Crippen LogP contribution < -0.4 is 0 Å². The van der Waals surface area contributed by atoms with Crippen LogP contribution in [0.15, 0.2) is 28.9 Å². The Kier molecular flexibility index (Phi) is 1.89. The van der Waals surface area contributed by atoms with Crippen LogP contribution in [0.4, 0.5) is 0 Å². The number of aromatic nitrogens is 1. The fraction of sp³-hybridized carbons (Fsp3) is 0.111. The summed E-state index contributed by atoms with van der Waals surface area (Å²) < 4.78 is 3.06. The molecule has 2 aromatic rings. The van der Waals surface area contributed by atoms with E-state index in [0.717, 1.165) is 20.4 Å². The molecule has 0 atom stereocenters. The molecule has 0 N–H and O–H groups in total. The number of halogens is 2. The van der Waals surface area contributed by atoms with Gasteiger partial charge in [0.15, 0.2) is 0 Å². The van der Waals surface area contributed by atoms with Crippen molar-refractivity contribution in [1.29, 1.82) is 0 Å². The molecule has 0 unspecified atom stereocenters. The molecule has 1 heterocycles. The van der Waals surface area contributed by atoms with Gasteiger partial charge < -0.3 is 4.57 Å². The van der Waals surface area contributed by atoms with Crippen LogP contribution in [-0.2, 0) is 7.05 Å². The minimum atomic E-state index is 0.792. The highest BCUT2D eigenvalue weighted by molar-refractivity contribution is 9.10. The van der Waals surface area contributed by atoms with Gasteiger partial charge in [0.2, 0.25) is 0 Å². The van der Waals surface area contributed by atoms with E-state index in [1.807, 2.05) is 36.0 Å². The van der Waals surface area contributed by atoms with Gasteiger partial charge in [-0.25, -0.2) is 0 Å². The fourth-order valence-corrected chi connectivity index (χ4v) is 2.38. The molecule has 1 aromatic carbocycles. The van der Waals surface area contributed by atoms with Crippen LogP contribution in [0.3, 0.4) is 0 Å². The Morgan fingerprint density at radius 1 is 1.42 bits per heavy atom. The van der Waals surface area contributed by atoms with Crippen molar-refractivity contribution in [3.8, 4) is 0 Å². The third kappa shape index (κ3) is 1.06. The highest BCUT2D eigenvalue weighted by atomic mass is 79.9. The SMILES string of the molecule is Cn1cc(Cl)c2c(Br)cccc21. The van der Waals surface area contributed by atoms with E-state index in [1.165, 1.54) is 0 Å². The number of nitrogens with zero attached hydrogens (tertiary/aromatic N) is 1. The first kappa shape index (κ1) is 8.14. The predicted molar refractivity (Wildman–Crippen MR) is 55.6 cm³/mol. The van der Waals surface area contributed by atoms with Gasteiger partial charge in [0.05, 0.1) is 10.5 Å². The minimum Gasteiger partial charge on any atom is -0.349 e. The molecular formula is C9H7BrClN. The van der Waals surface area contributed by atoms with Gasteiger partial charge in [0.25, 0.3) is 0 Å². The second kappa shape index (κ2) is 2.79. The zero-order valence-corrected chi connectivity index (χ0v) is 8.85. The number of hydrogen-bond donors (Lipinski definition) is 0. The Morgan fingerprint density at radius 3 is 2.83 bits per heavy atom. The molecule has 0 aliphatic heterocycles. The molecule has 1 nitrogen and oxygen atoms in total. The Bertz CT molecular complexity index is 433. The first-order valence-electron chi connectivity index (χ1n) is 3.59. The maximum Gasteiger partial charge on any atom is 0.0672 e. The van der Waals surface area contributed by atoms with Gasteiger partial charge >= 0.3 is 0 Å². The average molecular weight is 245 g/mol. The van der Waals surface area contributed by atoms with Gasteiger partial charge in [-0.05, 0) is 12.1 Å². The molecule has 0 fully saturated rings. The standard InChI is InChI=1S/C9H7BrClN/c1-12-5-7(11)9-6(10)3-2-4-8(9)12/h2-5H,1H3. The average Bonchev–Trinajstić information content (AvgIpc) is 2.29. The predicted octanol–water partition coefficient (Wildman–Crippen LogP) is 3.59. The van der Waals surface area contributed by atoms with E-state index >= 15 is 0 Å². The van der Waals surface area contributed by atoms with E-state index in [0.29, 0.717) is 0 Å². The maximum atomic E-state index is 6.03. The van der Waals surface area contributed by atoms with E-state index in [2.05, 4.69) is 15.9 Å². The van der Waals surface area contributed by atoms with E-state index in [9.17, 15) is 0 Å². The van der Waals surface area contributed by atoms with Crippen molar-refractivity contribution >= 4 is 38.4 Å². The molecule has 0 radical (unpaired) electrons. The smallest absolute Gasteiger partial charge is 0.0672 e. The number of hydrogen-bond acceptors (Lipinski definition) is 0. The van der Waals surface area contributed by atoms with Gasteiger partial charge in [0, 0.05) is 23.1 Å². The third-order valence-corrected chi connectivity index (χ3v) is 2.86. The molecule has 62 valence electrons. The summed E-state index contributed by atoms with van der Waals surface area (Å²) in [5.74, 6) is 0. The Balaban J connectivity index is 2.99. The summed E-state index contributed by atoms with van der Waals surface area (Å²) in [7, 11) is 1.99. The quantitative estimate of drug-likeness (QED) is 0.667. The third-order valence-electron chi connectivity index (χ3n) is 1.92. The summed E-state index contributed by atoms with van der Waals surface area (Å²) in [6, 6.07) is 6.04. The molecule has 2 rings (SSSR count). The van der Waals surface area contributed by atoms with Crippen molar-refractivity contribution in [1.82, 2.24) is 4.57 Å². The second-order valence-corrected chi connectivity index (χ2v) is 3.98. The maximum absolute atomic E-state index is 6.03. The van der Waals surface area contributed by atoms with E-state index < -0.39 is 0 Å². The van der Waals surface area contributed by atoms with Crippen LogP contribution in [0.1, 0.15) is 0 Å². The molecule has 0 aliphatic rings. The molecule has 12 heavy (non-hydrogen) atoms. The highest BCUT2D eigenvalue weighted by Gasteiger charge is 2.06. The lowest BCUT2D eigenvalue weighted by atomic mass is 10.2. The Labute approximate surface area is 84.1 Å². The molecular weight excluding hydrogens is 237 g/mol. The molecule has 0 saturated heterocycles. The molecule has 0 bridgehead atoms. The highest BCUT2D eigenvalue weighted by Crippen LogP contribution is 2.31. The Hall–Kier alpha value is -0.470. The summed E-state index contributed by atoms with van der Waals surface area (Å²) in [6.45, 7) is 0. The summed E-state index contributed by atoms with van der Waals surface area (Å²) in [4.78, 5) is 0. The van der Waals surface area contributed by atoms with Gasteiger partial charge in [-0.2, -0.15) is 0 Å². The van der Waals surface area contributed by atoms with Crippen molar-refractivity contribution < 1.29 is 0 Å². The van der Waals surface area contributed by atoms with Crippen LogP contribution >= 0.6 is 27.5 Å². The largest absolute Gasteiger partial charge is 0.349 e. The topological polar surface area (TPSA) is 4.93 Å². The molecule has 1 aromatic heterocycles. The number of aryl methyl sites for hydroxylation is 1. The lowest BCUT2D eigenvalue weighted by Gasteiger charge is -1.96. The van der Waals surface area contributed by atoms with Crippen LogP contribution in [0.25, 0.3) is 10.9 Å². The molecule has 0 saturated carbocycles. The summed E-state index contributed by atoms with van der Waals surface area (Å²) in [5.41, 5.74) is 1.15. The van der Waals surface area contributed by atoms with Crippen molar-refractivity contribution in [2.45, 2.75) is 0 Å². The molecule has 0 spiro atoms. The molecule has 0 amide bonds. The minimum absolute atomic E-state index is 0.792. The van der Waals surface area contributed by atoms with Gasteiger partial charge in [-0.15, -0.1) is 0 Å². The first-order valence-corrected chi connectivity index (χ1v) is 4.76. The number of rotatable bonds is 0. The van der Waals surface area contributed by atoms with Crippen LogP contribution in [0.5, 0.6) is 0 Å². The van der Waals surface area contributed by atoms with Gasteiger partial charge in [0.1, 0.15) is 0 Å². The summed E-state index contributed by atoms with van der Waals surface area (Å²) in [6.07, 6.45) is 1.91. The summed E-state index contributed by atoms with van der Waals surface area (Å²) in [5, 5.41) is 1.88. The van der Waals surface area contributed by atoms with Gasteiger partial charge in [-0.1, -0.05) is 33.6 Å². The molecule has 0 aliphatic carbocycles. The summed E-state index contributed by atoms with van der Waals surface area (Å²) >= 11 is 9.50. The first-order chi connectivity index (χ1) is 5.70. The second-order valence-electron chi connectivity index (χ2n) is 2.72. The van der Waals surface area contributed by atoms with Crippen molar-refractivity contribution in [2.24, 2.45) is 7.05 Å². The fourth-order valence-electron chi connectivity index (χ4n) is 1.35. The van der Waals surface area contributed by atoms with Crippen molar-refractivity contribution in [3.63, 3.8) is 0 Å². The van der Waals surface area contributed by atoms with Crippen LogP contribution in [0, 0.1) is 0 Å². The van der Waals surface area contributed by atoms with Crippen molar-refractivity contribution in [2.75, 3.05) is 0 Å². The Morgan fingerprint density at radius 2 is 2.17 bits per heavy atom. The normalized spacial score (nSPS) is 10.9. The zero-order chi connectivity index (χ0) is 8.72. The lowest BCUT2D eigenvalue weighted by molar-refractivity contribution is 0.969. The monoisotopic (exact) mass is 243 g/mol. The van der Waals surface area contributed by atoms with Gasteiger partial charge in [-0.3, -0.25) is 0 Å². The van der Waals surface area contributed by atoms with Crippen LogP contribution in [-0.4, -0.2) is 4.57 Å².